The van der Waals surface area contributed by atoms with Crippen LogP contribution in [0.25, 0.3) is 0 Å². The quantitative estimate of drug-likeness (QED) is 0.749. The van der Waals surface area contributed by atoms with Gasteiger partial charge in [-0.15, -0.1) is 0 Å². The fourth-order valence-corrected chi connectivity index (χ4v) is 3.26. The summed E-state index contributed by atoms with van der Waals surface area (Å²) in [5.74, 6) is -0.624. The summed E-state index contributed by atoms with van der Waals surface area (Å²) >= 11 is 0. The molecule has 0 bridgehead atoms. The third kappa shape index (κ3) is 2.38. The maximum Gasteiger partial charge on any atom is 0.222 e. The van der Waals surface area contributed by atoms with Crippen LogP contribution in [0.1, 0.15) is 6.42 Å². The van der Waals surface area contributed by atoms with E-state index in [1.54, 1.807) is 0 Å². The summed E-state index contributed by atoms with van der Waals surface area (Å²) in [5.41, 5.74) is 5.31. The van der Waals surface area contributed by atoms with Crippen molar-refractivity contribution in [3.05, 3.63) is 12.0 Å². The molecule has 0 radical (unpaired) electrons. The SMILES string of the molecule is Nc1ncc(F)c(NC2CCS(=O)(=O)C2)n1. The zero-order valence-electron chi connectivity index (χ0n) is 8.35. The largest absolute Gasteiger partial charge is 0.368 e. The maximum absolute atomic E-state index is 13.2. The second-order valence-electron chi connectivity index (χ2n) is 3.67. The van der Waals surface area contributed by atoms with Crippen molar-refractivity contribution in [2.75, 3.05) is 22.6 Å². The Hall–Kier alpha value is -1.44. The van der Waals surface area contributed by atoms with Gasteiger partial charge in [-0.3, -0.25) is 0 Å². The molecule has 3 N–H and O–H groups in total. The van der Waals surface area contributed by atoms with Crippen LogP contribution in [0.2, 0.25) is 0 Å². The van der Waals surface area contributed by atoms with Gasteiger partial charge >= 0.3 is 0 Å². The van der Waals surface area contributed by atoms with Crippen molar-refractivity contribution in [3.8, 4) is 0 Å². The highest BCUT2D eigenvalue weighted by Crippen LogP contribution is 2.18. The van der Waals surface area contributed by atoms with E-state index < -0.39 is 15.7 Å². The van der Waals surface area contributed by atoms with Crippen molar-refractivity contribution in [2.24, 2.45) is 0 Å². The van der Waals surface area contributed by atoms with Crippen LogP contribution in [0, 0.1) is 5.82 Å². The standard InChI is InChI=1S/C8H11FN4O2S/c9-6-3-11-8(10)13-7(6)12-5-1-2-16(14,15)4-5/h3,5H,1-2,4H2,(H3,10,11,12,13). The van der Waals surface area contributed by atoms with E-state index in [1.165, 1.54) is 0 Å². The number of nitrogens with two attached hydrogens (primary N) is 1. The van der Waals surface area contributed by atoms with Crippen molar-refractivity contribution in [3.63, 3.8) is 0 Å². The molecule has 1 fully saturated rings. The predicted molar refractivity (Wildman–Crippen MR) is 57.1 cm³/mol. The number of sulfone groups is 1. The number of hydrogen-bond donors (Lipinski definition) is 2. The lowest BCUT2D eigenvalue weighted by Gasteiger charge is -2.11. The van der Waals surface area contributed by atoms with E-state index in [2.05, 4.69) is 15.3 Å². The molecule has 0 amide bonds. The van der Waals surface area contributed by atoms with Gasteiger partial charge in [-0.1, -0.05) is 0 Å². The smallest absolute Gasteiger partial charge is 0.222 e. The lowest BCUT2D eigenvalue weighted by molar-refractivity contribution is 0.601. The first-order chi connectivity index (χ1) is 7.46. The lowest BCUT2D eigenvalue weighted by atomic mass is 10.2. The van der Waals surface area contributed by atoms with Gasteiger partial charge in [0.15, 0.2) is 21.5 Å². The van der Waals surface area contributed by atoms with Crippen LogP contribution in [0.15, 0.2) is 6.20 Å². The van der Waals surface area contributed by atoms with Crippen molar-refractivity contribution in [1.82, 2.24) is 9.97 Å². The summed E-state index contributed by atoms with van der Waals surface area (Å²) in [6.07, 6.45) is 1.40. The predicted octanol–water partition coefficient (Wildman–Crippen LogP) is -0.203. The molecule has 8 heteroatoms. The van der Waals surface area contributed by atoms with E-state index in [9.17, 15) is 12.8 Å². The Kier molecular flexibility index (Phi) is 2.66. The van der Waals surface area contributed by atoms with E-state index >= 15 is 0 Å². The zero-order valence-corrected chi connectivity index (χ0v) is 9.17. The molecule has 6 nitrogen and oxygen atoms in total. The summed E-state index contributed by atoms with van der Waals surface area (Å²) in [6.45, 7) is 0. The molecule has 0 saturated carbocycles. The first kappa shape index (κ1) is 11.1. The van der Waals surface area contributed by atoms with Crippen LogP contribution >= 0.6 is 0 Å². The Bertz CT molecular complexity index is 505. The fraction of sp³-hybridized carbons (Fsp3) is 0.500. The molecule has 1 aliphatic heterocycles. The Balaban J connectivity index is 2.13. The third-order valence-electron chi connectivity index (χ3n) is 2.34. The fourth-order valence-electron chi connectivity index (χ4n) is 1.58. The van der Waals surface area contributed by atoms with Crippen molar-refractivity contribution in [2.45, 2.75) is 12.5 Å². The second kappa shape index (κ2) is 3.85. The monoisotopic (exact) mass is 246 g/mol. The molecule has 1 aromatic rings. The summed E-state index contributed by atoms with van der Waals surface area (Å²) in [4.78, 5) is 7.15. The van der Waals surface area contributed by atoms with Crippen LogP contribution < -0.4 is 11.1 Å². The Morgan fingerprint density at radius 3 is 2.94 bits per heavy atom. The van der Waals surface area contributed by atoms with Gasteiger partial charge in [0.1, 0.15) is 0 Å². The number of rotatable bonds is 2. The van der Waals surface area contributed by atoms with Crippen molar-refractivity contribution >= 4 is 21.6 Å². The van der Waals surface area contributed by atoms with E-state index in [1.807, 2.05) is 0 Å². The molecule has 1 saturated heterocycles. The highest BCUT2D eigenvalue weighted by molar-refractivity contribution is 7.91. The molecule has 88 valence electrons. The lowest BCUT2D eigenvalue weighted by Crippen LogP contribution is -2.22. The molecule has 2 heterocycles. The number of nitrogen functional groups attached to an aromatic ring is 1. The zero-order chi connectivity index (χ0) is 11.8. The Labute approximate surface area is 92.0 Å². The van der Waals surface area contributed by atoms with E-state index in [0.717, 1.165) is 6.20 Å². The third-order valence-corrected chi connectivity index (χ3v) is 4.10. The van der Waals surface area contributed by atoms with Gasteiger partial charge in [-0.2, -0.15) is 4.98 Å². The van der Waals surface area contributed by atoms with E-state index in [0.29, 0.717) is 6.42 Å². The first-order valence-electron chi connectivity index (χ1n) is 4.71. The minimum Gasteiger partial charge on any atom is -0.368 e. The number of aromatic nitrogens is 2. The minimum atomic E-state index is -3.00. The topological polar surface area (TPSA) is 98.0 Å². The molecule has 0 aliphatic carbocycles. The van der Waals surface area contributed by atoms with Crippen LogP contribution in [0.5, 0.6) is 0 Å². The van der Waals surface area contributed by atoms with E-state index in [-0.39, 0.29) is 29.3 Å². The molecule has 1 unspecified atom stereocenters. The Morgan fingerprint density at radius 1 is 1.56 bits per heavy atom. The van der Waals surface area contributed by atoms with Gasteiger partial charge in [-0.25, -0.2) is 17.8 Å². The van der Waals surface area contributed by atoms with Crippen LogP contribution in [0.4, 0.5) is 16.2 Å². The van der Waals surface area contributed by atoms with Crippen LogP contribution in [-0.2, 0) is 9.84 Å². The van der Waals surface area contributed by atoms with Gasteiger partial charge in [-0.05, 0) is 6.42 Å². The molecule has 0 aromatic carbocycles. The number of hydrogen-bond acceptors (Lipinski definition) is 6. The van der Waals surface area contributed by atoms with Crippen LogP contribution in [0.3, 0.4) is 0 Å². The highest BCUT2D eigenvalue weighted by Gasteiger charge is 2.28. The number of anilines is 2. The average Bonchev–Trinajstić information content (AvgIpc) is 2.52. The molecule has 2 rings (SSSR count). The average molecular weight is 246 g/mol. The number of nitrogens with zero attached hydrogens (tertiary/aromatic N) is 2. The summed E-state index contributed by atoms with van der Waals surface area (Å²) < 4.78 is 35.6. The van der Waals surface area contributed by atoms with Gasteiger partial charge in [0.05, 0.1) is 17.7 Å². The summed E-state index contributed by atoms with van der Waals surface area (Å²) in [6, 6.07) is -0.311. The summed E-state index contributed by atoms with van der Waals surface area (Å²) in [7, 11) is -3.00. The Morgan fingerprint density at radius 2 is 2.31 bits per heavy atom. The van der Waals surface area contributed by atoms with Gasteiger partial charge in [0.25, 0.3) is 0 Å². The molecule has 0 spiro atoms. The molecular weight excluding hydrogens is 235 g/mol. The minimum absolute atomic E-state index is 0.00362. The molecule has 16 heavy (non-hydrogen) atoms. The molecular formula is C8H11FN4O2S. The highest BCUT2D eigenvalue weighted by atomic mass is 32.2. The maximum atomic E-state index is 13.2. The molecule has 1 aliphatic rings. The summed E-state index contributed by atoms with van der Waals surface area (Å²) in [5, 5.41) is 2.72. The normalized spacial score (nSPS) is 23.2. The number of halogens is 1. The number of nitrogens with one attached hydrogen (secondary N) is 1. The second-order valence-corrected chi connectivity index (χ2v) is 5.90. The molecule has 1 aromatic heterocycles. The van der Waals surface area contributed by atoms with Crippen molar-refractivity contribution in [1.29, 1.82) is 0 Å². The molecule has 1 atom stereocenters. The van der Waals surface area contributed by atoms with E-state index in [4.69, 9.17) is 5.73 Å². The van der Waals surface area contributed by atoms with Crippen LogP contribution in [-0.4, -0.2) is 35.9 Å². The van der Waals surface area contributed by atoms with Gasteiger partial charge in [0.2, 0.25) is 5.95 Å². The van der Waals surface area contributed by atoms with Crippen molar-refractivity contribution < 1.29 is 12.8 Å². The van der Waals surface area contributed by atoms with Gasteiger partial charge in [0, 0.05) is 6.04 Å². The first-order valence-corrected chi connectivity index (χ1v) is 6.53. The van der Waals surface area contributed by atoms with Gasteiger partial charge < -0.3 is 11.1 Å².